The molecule has 4 aromatic carbocycles. The number of benzene rings is 4. The van der Waals surface area contributed by atoms with E-state index in [1.54, 1.807) is 0 Å². The van der Waals surface area contributed by atoms with E-state index in [1.807, 2.05) is 41.8 Å². The Morgan fingerprint density at radius 1 is 0.708 bits per heavy atom. The second-order valence-electron chi connectivity index (χ2n) is 13.7. The average molecular weight is 839 g/mol. The number of fused-ring (bicyclic) bond motifs is 3. The molecule has 48 heavy (non-hydrogen) atoms. The van der Waals surface area contributed by atoms with Crippen LogP contribution in [0.25, 0.3) is 53.8 Å². The van der Waals surface area contributed by atoms with Crippen LogP contribution < -0.4 is 5.19 Å². The fourth-order valence-corrected chi connectivity index (χ4v) is 9.14. The maximum absolute atomic E-state index is 4.73. The van der Waals surface area contributed by atoms with Gasteiger partial charge in [-0.3, -0.25) is 0 Å². The molecule has 1 atom stereocenters. The molecule has 0 aliphatic carbocycles. The number of aryl methyl sites for hydroxylation is 1. The molecule has 0 amide bonds. The van der Waals surface area contributed by atoms with Crippen molar-refractivity contribution in [1.29, 1.82) is 0 Å². The number of pyridine rings is 2. The first-order valence-corrected chi connectivity index (χ1v) is 20.8. The fourth-order valence-electron chi connectivity index (χ4n) is 6.09. The number of aromatic nitrogens is 2. The van der Waals surface area contributed by atoms with Crippen LogP contribution in [0.5, 0.6) is 0 Å². The fraction of sp³-hybridized carbons (Fsp3) is 0.209. The van der Waals surface area contributed by atoms with Gasteiger partial charge in [0, 0.05) is 37.2 Å². The van der Waals surface area contributed by atoms with Gasteiger partial charge in [0.25, 0.3) is 0 Å². The van der Waals surface area contributed by atoms with Crippen LogP contribution in [0.3, 0.4) is 0 Å². The van der Waals surface area contributed by atoms with Gasteiger partial charge in [0.15, 0.2) is 0 Å². The van der Waals surface area contributed by atoms with Gasteiger partial charge in [0.2, 0.25) is 0 Å². The Hall–Kier alpha value is -3.73. The summed E-state index contributed by atoms with van der Waals surface area (Å²) in [5.41, 5.74) is 9.44. The summed E-state index contributed by atoms with van der Waals surface area (Å²) < 4.78 is 2.59. The Balaban J connectivity index is 0.000000214. The molecule has 0 fully saturated rings. The van der Waals surface area contributed by atoms with E-state index in [2.05, 4.69) is 150 Å². The van der Waals surface area contributed by atoms with Gasteiger partial charge in [0.1, 0.15) is 0 Å². The molecule has 5 heteroatoms. The summed E-state index contributed by atoms with van der Waals surface area (Å²) in [6.45, 7) is 16.1. The second kappa shape index (κ2) is 15.2. The first-order chi connectivity index (χ1) is 22.6. The van der Waals surface area contributed by atoms with Gasteiger partial charge < -0.3 is 9.97 Å². The molecule has 0 aliphatic heterocycles. The third-order valence-electron chi connectivity index (χ3n) is 9.01. The zero-order valence-corrected chi connectivity index (χ0v) is 33.0. The largest absolute Gasteiger partial charge is 0.305 e. The number of hydrogen-bond acceptors (Lipinski definition) is 3. The van der Waals surface area contributed by atoms with E-state index in [1.165, 1.54) is 47.6 Å². The molecule has 1 unspecified atom stereocenters. The van der Waals surface area contributed by atoms with E-state index in [9.17, 15) is 0 Å². The van der Waals surface area contributed by atoms with Gasteiger partial charge in [-0.1, -0.05) is 118 Å². The zero-order valence-electron chi connectivity index (χ0n) is 28.8. The van der Waals surface area contributed by atoms with E-state index < -0.39 is 8.07 Å². The van der Waals surface area contributed by atoms with Gasteiger partial charge in [-0.05, 0) is 62.6 Å². The van der Waals surface area contributed by atoms with Crippen LogP contribution in [0.1, 0.15) is 37.8 Å². The van der Waals surface area contributed by atoms with Crippen molar-refractivity contribution in [2.24, 2.45) is 5.92 Å². The molecule has 245 valence electrons. The molecule has 7 rings (SSSR count). The van der Waals surface area contributed by atoms with Crippen molar-refractivity contribution in [3.8, 4) is 33.6 Å². The van der Waals surface area contributed by atoms with Crippen LogP contribution in [0.4, 0.5) is 0 Å². The van der Waals surface area contributed by atoms with Crippen molar-refractivity contribution < 1.29 is 20.1 Å². The molecule has 0 bridgehead atoms. The summed E-state index contributed by atoms with van der Waals surface area (Å²) in [5, 5.41) is 4.03. The van der Waals surface area contributed by atoms with Crippen molar-refractivity contribution in [1.82, 2.24) is 9.97 Å². The predicted octanol–water partition coefficient (Wildman–Crippen LogP) is 11.7. The van der Waals surface area contributed by atoms with Crippen molar-refractivity contribution in [2.45, 2.75) is 53.3 Å². The topological polar surface area (TPSA) is 25.8 Å². The molecule has 3 aromatic heterocycles. The van der Waals surface area contributed by atoms with Crippen molar-refractivity contribution >= 4 is 44.8 Å². The maximum atomic E-state index is 4.73. The minimum absolute atomic E-state index is 0. The molecule has 0 spiro atoms. The van der Waals surface area contributed by atoms with E-state index in [0.29, 0.717) is 11.8 Å². The van der Waals surface area contributed by atoms with Gasteiger partial charge in [0.05, 0.1) is 8.07 Å². The third-order valence-corrected chi connectivity index (χ3v) is 12.4. The summed E-state index contributed by atoms with van der Waals surface area (Å²) in [7, 11) is -1.27. The summed E-state index contributed by atoms with van der Waals surface area (Å²) in [6, 6.07) is 42.8. The summed E-state index contributed by atoms with van der Waals surface area (Å²) in [5.74, 6) is 1.09. The maximum Gasteiger partial charge on any atom is 0.0798 e. The van der Waals surface area contributed by atoms with Gasteiger partial charge in [-0.15, -0.1) is 59.7 Å². The van der Waals surface area contributed by atoms with Crippen LogP contribution >= 0.6 is 11.3 Å². The normalized spacial score (nSPS) is 12.0. The first-order valence-electron chi connectivity index (χ1n) is 16.4. The molecule has 3 heterocycles. The zero-order chi connectivity index (χ0) is 33.1. The minimum Gasteiger partial charge on any atom is -0.305 e. The molecule has 7 aromatic rings. The average Bonchev–Trinajstić information content (AvgIpc) is 3.48. The third kappa shape index (κ3) is 7.61. The Morgan fingerprint density at radius 2 is 1.46 bits per heavy atom. The van der Waals surface area contributed by atoms with Crippen LogP contribution in [0.2, 0.25) is 19.6 Å². The number of thiophene rings is 1. The minimum atomic E-state index is -1.27. The molecular weight excluding hydrogens is 797 g/mol. The van der Waals surface area contributed by atoms with E-state index in [0.717, 1.165) is 22.5 Å². The summed E-state index contributed by atoms with van der Waals surface area (Å²) in [6.07, 6.45) is 4.00. The summed E-state index contributed by atoms with van der Waals surface area (Å²) in [4.78, 5) is 9.31. The van der Waals surface area contributed by atoms with Crippen molar-refractivity contribution in [3.63, 3.8) is 0 Å². The molecule has 0 saturated heterocycles. The Morgan fingerprint density at radius 3 is 2.15 bits per heavy atom. The quantitative estimate of drug-likeness (QED) is 0.123. The van der Waals surface area contributed by atoms with E-state index in [4.69, 9.17) is 4.98 Å². The molecule has 2 nitrogen and oxygen atoms in total. The van der Waals surface area contributed by atoms with Gasteiger partial charge in [-0.25, -0.2) is 0 Å². The van der Waals surface area contributed by atoms with Crippen LogP contribution in [0, 0.1) is 25.0 Å². The number of nitrogens with zero attached hydrogens (tertiary/aromatic N) is 2. The van der Waals surface area contributed by atoms with E-state index in [-0.39, 0.29) is 20.1 Å². The van der Waals surface area contributed by atoms with E-state index >= 15 is 0 Å². The van der Waals surface area contributed by atoms with Crippen LogP contribution in [-0.4, -0.2) is 18.0 Å². The van der Waals surface area contributed by atoms with Crippen molar-refractivity contribution in [2.75, 3.05) is 0 Å². The number of rotatable bonds is 6. The standard InChI is InChI=1S/C28H24NS.C15H18NSi.Ir/c1-18(2)19(3)21-15-16-29-26(17-21)25-14-8-13-24-23-12-7-11-22(27(23)30-28(24)25)20-9-5-4-6-10-20;1-12-10-14(13-8-6-5-7-9-13)16-11-15(12)17(2,3)4;/h4-13,15-19H,1-3H3;5-8,10-11H,1-4H3;/q2*-1;. The predicted molar refractivity (Wildman–Crippen MR) is 206 cm³/mol. The second-order valence-corrected chi connectivity index (χ2v) is 19.7. The Bertz CT molecular complexity index is 2130. The molecular formula is C43H42IrN2SSi-2. The summed E-state index contributed by atoms with van der Waals surface area (Å²) >= 11 is 1.85. The van der Waals surface area contributed by atoms with Gasteiger partial charge >= 0.3 is 0 Å². The molecule has 0 aliphatic rings. The van der Waals surface area contributed by atoms with Crippen LogP contribution in [0.15, 0.2) is 116 Å². The molecule has 1 radical (unpaired) electrons. The molecule has 0 saturated carbocycles. The van der Waals surface area contributed by atoms with Gasteiger partial charge in [-0.2, -0.15) is 11.3 Å². The number of hydrogen-bond donors (Lipinski definition) is 0. The SMILES string of the molecule is CC(C)C(C)c1ccnc(-c2[c-]ccc3c2sc2c(-c4ccccc4)cccc23)c1.Cc1cc(-c2[c-]cccc2)ncc1[Si](C)(C)C.[Ir]. The Kier molecular flexibility index (Phi) is 11.3. The smallest absolute Gasteiger partial charge is 0.0798 e. The molecule has 0 N–H and O–H groups in total. The Labute approximate surface area is 304 Å². The van der Waals surface area contributed by atoms with Crippen LogP contribution in [-0.2, 0) is 20.1 Å². The van der Waals surface area contributed by atoms with Crippen molar-refractivity contribution in [3.05, 3.63) is 139 Å². The monoisotopic (exact) mass is 839 g/mol. The first kappa shape index (κ1) is 35.6.